The minimum absolute atomic E-state index is 0.270. The molecule has 3 aromatic rings. The number of rotatable bonds is 7. The quantitative estimate of drug-likeness (QED) is 0.384. The van der Waals surface area contributed by atoms with Crippen LogP contribution >= 0.6 is 11.3 Å². The number of pyridine rings is 1. The Morgan fingerprint density at radius 1 is 1.26 bits per heavy atom. The zero-order chi connectivity index (χ0) is 27.5. The molecule has 0 aliphatic carbocycles. The third-order valence-electron chi connectivity index (χ3n) is 7.40. The van der Waals surface area contributed by atoms with Crippen molar-refractivity contribution in [2.75, 3.05) is 31.1 Å². The molecule has 2 aromatic heterocycles. The zero-order valence-electron chi connectivity index (χ0n) is 22.3. The summed E-state index contributed by atoms with van der Waals surface area (Å²) < 4.78 is 6.58. The molecule has 0 radical (unpaired) electrons. The second-order valence-corrected chi connectivity index (χ2v) is 10.6. The molecule has 39 heavy (non-hydrogen) atoms. The Morgan fingerprint density at radius 2 is 2.13 bits per heavy atom. The lowest BCUT2D eigenvalue weighted by molar-refractivity contribution is -0.162. The number of carbonyl (C=O) groups is 2. The molecule has 11 heteroatoms. The van der Waals surface area contributed by atoms with Gasteiger partial charge in [0.1, 0.15) is 0 Å². The van der Waals surface area contributed by atoms with Gasteiger partial charge in [-0.1, -0.05) is 6.07 Å². The van der Waals surface area contributed by atoms with Gasteiger partial charge in [0.15, 0.2) is 0 Å². The molecule has 0 saturated carbocycles. The van der Waals surface area contributed by atoms with Crippen molar-refractivity contribution in [1.29, 1.82) is 0 Å². The van der Waals surface area contributed by atoms with E-state index < -0.39 is 17.1 Å². The number of hydrogen-bond acceptors (Lipinski definition) is 9. The summed E-state index contributed by atoms with van der Waals surface area (Å²) in [5.74, 6) is -2.12. The van der Waals surface area contributed by atoms with Crippen LogP contribution in [0.1, 0.15) is 27.2 Å². The number of anilines is 1. The van der Waals surface area contributed by atoms with Crippen LogP contribution < -0.4 is 20.9 Å². The summed E-state index contributed by atoms with van der Waals surface area (Å²) in [4.78, 5) is 42.7. The summed E-state index contributed by atoms with van der Waals surface area (Å²) in [7, 11) is 0. The van der Waals surface area contributed by atoms with Gasteiger partial charge in [0.05, 0.1) is 39.4 Å². The maximum Gasteiger partial charge on any atom is 0.318 e. The number of aliphatic imine (C=N–C) groups is 1. The van der Waals surface area contributed by atoms with Crippen molar-refractivity contribution in [3.63, 3.8) is 0 Å². The number of fused-ring (bicyclic) bond motifs is 1. The highest BCUT2D eigenvalue weighted by molar-refractivity contribution is 7.17. The highest BCUT2D eigenvalue weighted by Crippen LogP contribution is 2.46. The smallest absolute Gasteiger partial charge is 0.318 e. The average molecular weight is 548 g/mol. The maximum atomic E-state index is 13.5. The average Bonchev–Trinajstić information content (AvgIpc) is 3.42. The van der Waals surface area contributed by atoms with Crippen LogP contribution in [0.15, 0.2) is 59.3 Å². The summed E-state index contributed by atoms with van der Waals surface area (Å²) in [6.45, 7) is 7.36. The lowest BCUT2D eigenvalue weighted by Crippen LogP contribution is -2.71. The number of benzene rings is 1. The first-order chi connectivity index (χ1) is 18.9. The Morgan fingerprint density at radius 3 is 2.90 bits per heavy atom. The third kappa shape index (κ3) is 4.87. The lowest BCUT2D eigenvalue weighted by atomic mass is 9.68. The van der Waals surface area contributed by atoms with Crippen molar-refractivity contribution in [1.82, 2.24) is 25.9 Å². The van der Waals surface area contributed by atoms with Gasteiger partial charge in [0.2, 0.25) is 5.79 Å². The topological polar surface area (TPSA) is 121 Å². The Balaban J connectivity index is 1.70. The molecule has 4 heterocycles. The number of ether oxygens (including phenoxy) is 1. The summed E-state index contributed by atoms with van der Waals surface area (Å²) in [5, 5.41) is 9.42. The number of amides is 2. The molecule has 10 nitrogen and oxygen atoms in total. The molecule has 0 spiro atoms. The Labute approximate surface area is 231 Å². The lowest BCUT2D eigenvalue weighted by Gasteiger charge is -2.53. The maximum absolute atomic E-state index is 13.5. The van der Waals surface area contributed by atoms with E-state index in [1.54, 1.807) is 30.7 Å². The van der Waals surface area contributed by atoms with Crippen LogP contribution in [0, 0.1) is 11.3 Å². The molecule has 0 bridgehead atoms. The summed E-state index contributed by atoms with van der Waals surface area (Å²) in [5.41, 5.74) is 4.20. The molecule has 3 atom stereocenters. The highest BCUT2D eigenvalue weighted by atomic mass is 32.1. The van der Waals surface area contributed by atoms with E-state index in [4.69, 9.17) is 9.73 Å². The van der Waals surface area contributed by atoms with Crippen molar-refractivity contribution in [3.05, 3.63) is 54.3 Å². The SMILES string of the molecule is CCNC(=O)NC1(C2CNCCC2(C)C(=O)OCC)N=CC=CN1c1cc(-c2ccccn2)c2scnc2c1. The zero-order valence-corrected chi connectivity index (χ0v) is 23.1. The van der Waals surface area contributed by atoms with Crippen molar-refractivity contribution in [2.45, 2.75) is 33.0 Å². The van der Waals surface area contributed by atoms with Gasteiger partial charge in [-0.15, -0.1) is 11.3 Å². The van der Waals surface area contributed by atoms with Gasteiger partial charge < -0.3 is 20.3 Å². The fourth-order valence-corrected chi connectivity index (χ4v) is 6.27. The van der Waals surface area contributed by atoms with E-state index in [0.29, 0.717) is 26.1 Å². The van der Waals surface area contributed by atoms with E-state index in [1.165, 1.54) is 0 Å². The second kappa shape index (κ2) is 11.1. The first-order valence-corrected chi connectivity index (χ1v) is 14.0. The fourth-order valence-electron chi connectivity index (χ4n) is 5.48. The molecule has 1 fully saturated rings. The minimum atomic E-state index is -1.34. The van der Waals surface area contributed by atoms with Crippen LogP contribution in [0.5, 0.6) is 0 Å². The summed E-state index contributed by atoms with van der Waals surface area (Å²) in [6.07, 6.45) is 7.67. The van der Waals surface area contributed by atoms with Crippen LogP contribution in [0.2, 0.25) is 0 Å². The number of aromatic nitrogens is 2. The van der Waals surface area contributed by atoms with Crippen molar-refractivity contribution < 1.29 is 14.3 Å². The number of thiazole rings is 1. The van der Waals surface area contributed by atoms with Gasteiger partial charge >= 0.3 is 12.0 Å². The monoisotopic (exact) mass is 547 g/mol. The predicted molar refractivity (Wildman–Crippen MR) is 154 cm³/mol. The molecule has 3 N–H and O–H groups in total. The number of urea groups is 1. The van der Waals surface area contributed by atoms with Gasteiger partial charge in [-0.3, -0.25) is 15.1 Å². The molecule has 3 unspecified atom stereocenters. The Hall–Kier alpha value is -3.83. The van der Waals surface area contributed by atoms with Gasteiger partial charge in [0.25, 0.3) is 0 Å². The van der Waals surface area contributed by atoms with E-state index in [1.807, 2.05) is 66.9 Å². The van der Waals surface area contributed by atoms with Gasteiger partial charge in [-0.05, 0) is 64.1 Å². The molecule has 1 saturated heterocycles. The first kappa shape index (κ1) is 26.8. The number of hydrogen-bond donors (Lipinski definition) is 3. The van der Waals surface area contributed by atoms with E-state index in [9.17, 15) is 9.59 Å². The van der Waals surface area contributed by atoms with Crippen LogP contribution in [0.25, 0.3) is 21.5 Å². The Bertz CT molecular complexity index is 1410. The number of esters is 1. The van der Waals surface area contributed by atoms with Crippen LogP contribution in [0.3, 0.4) is 0 Å². The van der Waals surface area contributed by atoms with Gasteiger partial charge in [-0.25, -0.2) is 14.8 Å². The van der Waals surface area contributed by atoms with Crippen molar-refractivity contribution >= 4 is 45.5 Å². The molecular weight excluding hydrogens is 514 g/mol. The molecule has 204 valence electrons. The summed E-state index contributed by atoms with van der Waals surface area (Å²) in [6, 6.07) is 9.44. The van der Waals surface area contributed by atoms with Crippen molar-refractivity contribution in [2.24, 2.45) is 16.3 Å². The fraction of sp³-hybridized carbons (Fsp3) is 0.393. The molecule has 1 aromatic carbocycles. The molecular formula is C28H33N7O3S. The second-order valence-electron chi connectivity index (χ2n) is 9.75. The van der Waals surface area contributed by atoms with E-state index in [-0.39, 0.29) is 18.6 Å². The van der Waals surface area contributed by atoms with Crippen LogP contribution in [0.4, 0.5) is 10.5 Å². The molecule has 2 aliphatic heterocycles. The van der Waals surface area contributed by atoms with Gasteiger partial charge in [0, 0.05) is 43.0 Å². The number of allylic oxidation sites excluding steroid dienone is 1. The summed E-state index contributed by atoms with van der Waals surface area (Å²) >= 11 is 1.55. The third-order valence-corrected chi connectivity index (χ3v) is 8.27. The van der Waals surface area contributed by atoms with Crippen LogP contribution in [-0.2, 0) is 9.53 Å². The number of nitrogens with zero attached hydrogens (tertiary/aromatic N) is 4. The number of piperidine rings is 1. The Kier molecular flexibility index (Phi) is 7.62. The van der Waals surface area contributed by atoms with E-state index in [0.717, 1.165) is 27.2 Å². The van der Waals surface area contributed by atoms with E-state index >= 15 is 0 Å². The van der Waals surface area contributed by atoms with Crippen molar-refractivity contribution in [3.8, 4) is 11.3 Å². The normalized spacial score (nSPS) is 24.5. The molecule has 5 rings (SSSR count). The first-order valence-electron chi connectivity index (χ1n) is 13.2. The standard InChI is InChI=1S/C28H33N7O3S/c1-4-30-26(37)34-28(23-17-29-13-10-27(23,3)25(36)38-5-2)33-12-8-14-35(28)19-15-20(21-9-6-7-11-31-21)24-22(16-19)32-18-39-24/h6-9,11-12,14-16,18,23,29H,4-5,10,13,17H2,1-3H3,(H2,30,34,37). The number of nitrogens with one attached hydrogen (secondary N) is 3. The predicted octanol–water partition coefficient (Wildman–Crippen LogP) is 3.91. The van der Waals surface area contributed by atoms with Crippen LogP contribution in [-0.4, -0.2) is 60.2 Å². The minimum Gasteiger partial charge on any atom is -0.466 e. The highest BCUT2D eigenvalue weighted by Gasteiger charge is 2.58. The van der Waals surface area contributed by atoms with Gasteiger partial charge in [-0.2, -0.15) is 0 Å². The molecule has 2 amide bonds. The number of carbonyl (C=O) groups excluding carboxylic acids is 2. The van der Waals surface area contributed by atoms with E-state index in [2.05, 4.69) is 25.9 Å². The largest absolute Gasteiger partial charge is 0.466 e. The molecule has 2 aliphatic rings.